The molecular weight excluding hydrogens is 675 g/mol. The van der Waals surface area contributed by atoms with Crippen molar-refractivity contribution in [3.63, 3.8) is 0 Å². The summed E-state index contributed by atoms with van der Waals surface area (Å²) >= 11 is 6.66. The molecule has 1 aliphatic heterocycles. The highest BCUT2D eigenvalue weighted by Gasteiger charge is 2.34. The van der Waals surface area contributed by atoms with E-state index in [9.17, 15) is 14.7 Å². The summed E-state index contributed by atoms with van der Waals surface area (Å²) in [5.74, 6) is 0.564. The molecule has 1 N–H and O–H groups in total. The van der Waals surface area contributed by atoms with Crippen molar-refractivity contribution in [2.45, 2.75) is 26.8 Å². The first-order chi connectivity index (χ1) is 17.7. The Morgan fingerprint density at radius 3 is 2.68 bits per heavy atom. The van der Waals surface area contributed by atoms with Crippen LogP contribution in [-0.2, 0) is 9.53 Å². The molecule has 0 radical (unpaired) electrons. The van der Waals surface area contributed by atoms with Gasteiger partial charge in [-0.25, -0.2) is 9.79 Å². The molecule has 0 unspecified atom stereocenters. The minimum atomic E-state index is -0.793. The van der Waals surface area contributed by atoms with E-state index in [-0.39, 0.29) is 23.5 Å². The number of ether oxygens (including phenoxy) is 3. The molecule has 0 saturated heterocycles. The number of fused-ring (bicyclic) bond motifs is 1. The summed E-state index contributed by atoms with van der Waals surface area (Å²) in [6, 6.07) is 8.03. The van der Waals surface area contributed by atoms with Gasteiger partial charge in [-0.1, -0.05) is 33.3 Å². The Balaban J connectivity index is 1.99. The molecular formula is C26H24BrIN2O6S. The number of nitrogens with zero attached hydrogens (tertiary/aromatic N) is 2. The summed E-state index contributed by atoms with van der Waals surface area (Å²) in [6.07, 6.45) is 1.63. The lowest BCUT2D eigenvalue weighted by molar-refractivity contribution is -0.139. The number of halogens is 2. The summed E-state index contributed by atoms with van der Waals surface area (Å²) in [5, 5.41) is 10.6. The van der Waals surface area contributed by atoms with Gasteiger partial charge in [0.2, 0.25) is 0 Å². The van der Waals surface area contributed by atoms with Crippen LogP contribution in [0.25, 0.3) is 6.08 Å². The Morgan fingerprint density at radius 2 is 2.00 bits per heavy atom. The zero-order valence-electron chi connectivity index (χ0n) is 20.5. The van der Waals surface area contributed by atoms with Crippen molar-refractivity contribution in [2.75, 3.05) is 20.3 Å². The predicted molar refractivity (Wildman–Crippen MR) is 153 cm³/mol. The highest BCUT2D eigenvalue weighted by Crippen LogP contribution is 2.36. The number of rotatable bonds is 7. The molecule has 194 valence electrons. The summed E-state index contributed by atoms with van der Waals surface area (Å²) in [5.41, 5.74) is 1.53. The standard InChI is InChI=1S/C26H24BrIN2O6S/c1-5-35-19-10-14(7-8-18(19)34-4)22-21(25(33)36-6-2)13(3)29-26-30(22)24(32)20(37-26)11-15-9-16(27)12-17(28)23(15)31/h7-12,22,31H,5-6H2,1-4H3/b20-11-/t22-/m1/s1. The SMILES string of the molecule is CCOC(=O)C1=C(C)N=c2s/c(=C\c3cc(Br)cc(I)c3O)c(=O)n2[C@@H]1c1ccc(OC)c(OCC)c1. The molecule has 8 nitrogen and oxygen atoms in total. The number of phenolic OH excluding ortho intramolecular Hbond substituents is 1. The van der Waals surface area contributed by atoms with Crippen LogP contribution in [0.4, 0.5) is 0 Å². The van der Waals surface area contributed by atoms with Gasteiger partial charge in [-0.05, 0) is 79.3 Å². The third kappa shape index (κ3) is 5.34. The second-order valence-electron chi connectivity index (χ2n) is 7.97. The van der Waals surface area contributed by atoms with E-state index in [1.54, 1.807) is 57.4 Å². The summed E-state index contributed by atoms with van der Waals surface area (Å²) in [6.45, 7) is 5.91. The van der Waals surface area contributed by atoms with E-state index in [1.165, 1.54) is 15.9 Å². The average molecular weight is 699 g/mol. The molecule has 0 saturated carbocycles. The largest absolute Gasteiger partial charge is 0.506 e. The molecule has 0 amide bonds. The number of aromatic nitrogens is 1. The van der Waals surface area contributed by atoms with E-state index in [4.69, 9.17) is 14.2 Å². The lowest BCUT2D eigenvalue weighted by Crippen LogP contribution is -2.40. The number of thiazole rings is 1. The quantitative estimate of drug-likeness (QED) is 0.292. The van der Waals surface area contributed by atoms with E-state index in [0.717, 1.165) is 4.47 Å². The first-order valence-electron chi connectivity index (χ1n) is 11.4. The van der Waals surface area contributed by atoms with Gasteiger partial charge in [-0.15, -0.1) is 0 Å². The van der Waals surface area contributed by atoms with Crippen LogP contribution < -0.4 is 24.4 Å². The molecule has 37 heavy (non-hydrogen) atoms. The van der Waals surface area contributed by atoms with E-state index in [1.807, 2.05) is 29.5 Å². The number of aromatic hydroxyl groups is 1. The molecule has 4 rings (SSSR count). The van der Waals surface area contributed by atoms with E-state index >= 15 is 0 Å². The molecule has 1 atom stereocenters. The number of hydrogen-bond acceptors (Lipinski definition) is 8. The number of allylic oxidation sites excluding steroid dienone is 1. The van der Waals surface area contributed by atoms with Crippen LogP contribution >= 0.6 is 49.9 Å². The van der Waals surface area contributed by atoms with Crippen molar-refractivity contribution in [3.8, 4) is 17.2 Å². The maximum Gasteiger partial charge on any atom is 0.338 e. The second-order valence-corrected chi connectivity index (χ2v) is 11.1. The molecule has 1 aliphatic rings. The number of benzene rings is 2. The maximum atomic E-state index is 13.8. The van der Waals surface area contributed by atoms with Crippen LogP contribution in [0, 0.1) is 3.57 Å². The molecule has 0 bridgehead atoms. The Bertz CT molecular complexity index is 1590. The van der Waals surface area contributed by atoms with Gasteiger partial charge in [-0.2, -0.15) is 0 Å². The van der Waals surface area contributed by atoms with Crippen molar-refractivity contribution in [1.29, 1.82) is 0 Å². The van der Waals surface area contributed by atoms with Crippen molar-refractivity contribution >= 4 is 61.9 Å². The molecule has 3 aromatic rings. The van der Waals surface area contributed by atoms with E-state index in [2.05, 4.69) is 20.9 Å². The van der Waals surface area contributed by atoms with Gasteiger partial charge in [0.15, 0.2) is 16.3 Å². The number of hydrogen-bond donors (Lipinski definition) is 1. The van der Waals surface area contributed by atoms with Gasteiger partial charge >= 0.3 is 5.97 Å². The number of methoxy groups -OCH3 is 1. The minimum absolute atomic E-state index is 0.0751. The normalized spacial score (nSPS) is 15.3. The van der Waals surface area contributed by atoms with Gasteiger partial charge in [0.05, 0.1) is 45.7 Å². The molecule has 2 aromatic carbocycles. The van der Waals surface area contributed by atoms with Crippen molar-refractivity contribution in [1.82, 2.24) is 4.57 Å². The van der Waals surface area contributed by atoms with Crippen LogP contribution in [0.3, 0.4) is 0 Å². The summed E-state index contributed by atoms with van der Waals surface area (Å²) < 4.78 is 19.8. The highest BCUT2D eigenvalue weighted by molar-refractivity contribution is 14.1. The van der Waals surface area contributed by atoms with Gasteiger partial charge in [0.1, 0.15) is 5.75 Å². The average Bonchev–Trinajstić information content (AvgIpc) is 3.15. The molecule has 11 heteroatoms. The first kappa shape index (κ1) is 27.4. The molecule has 0 fully saturated rings. The van der Waals surface area contributed by atoms with Crippen molar-refractivity contribution in [3.05, 3.63) is 80.5 Å². The zero-order chi connectivity index (χ0) is 26.9. The lowest BCUT2D eigenvalue weighted by atomic mass is 9.95. The third-order valence-electron chi connectivity index (χ3n) is 5.66. The Kier molecular flexibility index (Phi) is 8.44. The fraction of sp³-hybridized carbons (Fsp3) is 0.269. The lowest BCUT2D eigenvalue weighted by Gasteiger charge is -2.25. The maximum absolute atomic E-state index is 13.8. The second kappa shape index (κ2) is 11.4. The van der Waals surface area contributed by atoms with Crippen molar-refractivity contribution < 1.29 is 24.1 Å². The first-order valence-corrected chi connectivity index (χ1v) is 14.1. The van der Waals surface area contributed by atoms with Crippen LogP contribution in [0.15, 0.2) is 55.9 Å². The Morgan fingerprint density at radius 1 is 1.24 bits per heavy atom. The monoisotopic (exact) mass is 698 g/mol. The van der Waals surface area contributed by atoms with E-state index in [0.29, 0.717) is 47.8 Å². The predicted octanol–water partition coefficient (Wildman–Crippen LogP) is 4.28. The molecule has 0 spiro atoms. The number of carbonyl (C=O) groups is 1. The summed E-state index contributed by atoms with van der Waals surface area (Å²) in [7, 11) is 1.55. The van der Waals surface area contributed by atoms with E-state index < -0.39 is 12.0 Å². The van der Waals surface area contributed by atoms with Gasteiger partial charge in [0, 0.05) is 10.0 Å². The van der Waals surface area contributed by atoms with Gasteiger partial charge < -0.3 is 19.3 Å². The molecule has 0 aliphatic carbocycles. The van der Waals surface area contributed by atoms with Crippen LogP contribution in [0.1, 0.15) is 37.9 Å². The minimum Gasteiger partial charge on any atom is -0.506 e. The van der Waals surface area contributed by atoms with Gasteiger partial charge in [0.25, 0.3) is 5.56 Å². The Labute approximate surface area is 239 Å². The smallest absolute Gasteiger partial charge is 0.338 e. The highest BCUT2D eigenvalue weighted by atomic mass is 127. The molecule has 2 heterocycles. The van der Waals surface area contributed by atoms with Crippen LogP contribution in [-0.4, -0.2) is 36.0 Å². The Hall–Kier alpha value is -2.64. The van der Waals surface area contributed by atoms with Gasteiger partial charge in [-0.3, -0.25) is 9.36 Å². The van der Waals surface area contributed by atoms with Crippen LogP contribution in [0.5, 0.6) is 17.2 Å². The number of esters is 1. The van der Waals surface area contributed by atoms with Crippen LogP contribution in [0.2, 0.25) is 0 Å². The number of phenols is 1. The molecule has 1 aromatic heterocycles. The van der Waals surface area contributed by atoms with Crippen molar-refractivity contribution in [2.24, 2.45) is 4.99 Å². The fourth-order valence-electron chi connectivity index (χ4n) is 4.08. The topological polar surface area (TPSA) is 99.4 Å². The fourth-order valence-corrected chi connectivity index (χ4v) is 6.66. The third-order valence-corrected chi connectivity index (χ3v) is 7.93. The summed E-state index contributed by atoms with van der Waals surface area (Å²) in [4.78, 5) is 31.9. The number of carbonyl (C=O) groups excluding carboxylic acids is 1. The zero-order valence-corrected chi connectivity index (χ0v) is 25.1.